The van der Waals surface area contributed by atoms with Crippen LogP contribution in [0.3, 0.4) is 0 Å². The minimum absolute atomic E-state index is 0. The fourth-order valence-electron chi connectivity index (χ4n) is 4.26. The van der Waals surface area contributed by atoms with Crippen LogP contribution in [0, 0.1) is 12.7 Å². The number of nitrogens with one attached hydrogen (secondary N) is 1. The summed E-state index contributed by atoms with van der Waals surface area (Å²) in [6.45, 7) is 6.19. The van der Waals surface area contributed by atoms with Gasteiger partial charge in [-0.1, -0.05) is 43.7 Å². The Morgan fingerprint density at radius 2 is 1.68 bits per heavy atom. The van der Waals surface area contributed by atoms with E-state index in [-0.39, 0.29) is 59.9 Å². The normalized spacial score (nSPS) is 12.6. The van der Waals surface area contributed by atoms with Crippen LogP contribution in [0.15, 0.2) is 48.5 Å². The van der Waals surface area contributed by atoms with Crippen molar-refractivity contribution < 1.29 is 58.9 Å². The van der Waals surface area contributed by atoms with Gasteiger partial charge in [0.15, 0.2) is 5.69 Å². The van der Waals surface area contributed by atoms with E-state index in [1.165, 1.54) is 12.1 Å². The molecule has 1 heterocycles. The van der Waals surface area contributed by atoms with Gasteiger partial charge in [-0.15, -0.1) is 0 Å². The molecule has 3 aromatic rings. The topological polar surface area (TPSA) is 128 Å². The van der Waals surface area contributed by atoms with E-state index in [2.05, 4.69) is 10.4 Å². The average Bonchev–Trinajstić information content (AvgIpc) is 3.22. The van der Waals surface area contributed by atoms with Crippen LogP contribution in [0.5, 0.6) is 0 Å². The Balaban J connectivity index is 0.00000507. The summed E-state index contributed by atoms with van der Waals surface area (Å²) in [5.41, 5.74) is 4.25. The Morgan fingerprint density at radius 3 is 2.26 bits per heavy atom. The molecule has 2 unspecified atom stereocenters. The molecular formula is C28H33FN3NaO5. The third-order valence-corrected chi connectivity index (χ3v) is 6.12. The van der Waals surface area contributed by atoms with Gasteiger partial charge < -0.3 is 25.4 Å². The fraction of sp³-hybridized carbons (Fsp3) is 0.393. The minimum Gasteiger partial charge on any atom is -0.550 e. The zero-order valence-corrected chi connectivity index (χ0v) is 24.3. The number of aliphatic hydroxyl groups is 2. The van der Waals surface area contributed by atoms with Gasteiger partial charge in [-0.05, 0) is 61.9 Å². The number of aromatic nitrogens is 2. The number of carboxylic acid groups (broad SMARTS) is 1. The SMILES string of the molecule is Cc1ccc(CNC(=O)c2nn(-c3ccc(F)cc3)c(CCC(O)CC(O)CC(=O)[O-])c2C(C)C)cc1.[Na+]. The van der Waals surface area contributed by atoms with Crippen LogP contribution >= 0.6 is 0 Å². The molecule has 0 saturated carbocycles. The second kappa shape index (κ2) is 14.6. The van der Waals surface area contributed by atoms with Crippen LogP contribution in [-0.4, -0.2) is 44.1 Å². The molecule has 0 fully saturated rings. The summed E-state index contributed by atoms with van der Waals surface area (Å²) in [5.74, 6) is -2.24. The smallest absolute Gasteiger partial charge is 0.550 e. The van der Waals surface area contributed by atoms with Crippen molar-refractivity contribution in [2.75, 3.05) is 0 Å². The van der Waals surface area contributed by atoms with Crippen molar-refractivity contribution >= 4 is 11.9 Å². The predicted molar refractivity (Wildman–Crippen MR) is 135 cm³/mol. The summed E-state index contributed by atoms with van der Waals surface area (Å²) in [7, 11) is 0. The van der Waals surface area contributed by atoms with E-state index >= 15 is 0 Å². The molecule has 0 aliphatic rings. The van der Waals surface area contributed by atoms with E-state index in [0.29, 0.717) is 29.9 Å². The van der Waals surface area contributed by atoms with E-state index in [1.807, 2.05) is 45.0 Å². The molecule has 8 nitrogen and oxygen atoms in total. The summed E-state index contributed by atoms with van der Waals surface area (Å²) in [6.07, 6.45) is -2.41. The molecule has 2 aromatic carbocycles. The minimum atomic E-state index is -1.39. The quantitative estimate of drug-likeness (QED) is 0.271. The summed E-state index contributed by atoms with van der Waals surface area (Å²) >= 11 is 0. The molecule has 198 valence electrons. The summed E-state index contributed by atoms with van der Waals surface area (Å²) in [4.78, 5) is 24.0. The first-order valence-corrected chi connectivity index (χ1v) is 12.3. The van der Waals surface area contributed by atoms with Crippen molar-refractivity contribution in [3.05, 3.63) is 82.4 Å². The van der Waals surface area contributed by atoms with E-state index in [9.17, 15) is 29.3 Å². The number of hydrogen-bond acceptors (Lipinski definition) is 6. The molecule has 1 amide bonds. The van der Waals surface area contributed by atoms with Gasteiger partial charge in [-0.2, -0.15) is 5.10 Å². The number of aryl methyl sites for hydroxylation is 1. The van der Waals surface area contributed by atoms with Crippen LogP contribution in [0.2, 0.25) is 0 Å². The first kappa shape index (κ1) is 31.7. The summed E-state index contributed by atoms with van der Waals surface area (Å²) in [5, 5.41) is 38.5. The second-order valence-electron chi connectivity index (χ2n) is 9.58. The monoisotopic (exact) mass is 533 g/mol. The number of carboxylic acids is 1. The summed E-state index contributed by atoms with van der Waals surface area (Å²) in [6, 6.07) is 13.6. The van der Waals surface area contributed by atoms with Crippen LogP contribution < -0.4 is 40.0 Å². The number of carbonyl (C=O) groups is 2. The fourth-order valence-corrected chi connectivity index (χ4v) is 4.26. The van der Waals surface area contributed by atoms with Crippen molar-refractivity contribution in [2.24, 2.45) is 0 Å². The molecule has 1 aromatic heterocycles. The number of amides is 1. The Hall–Kier alpha value is -2.56. The number of halogens is 1. The number of benzene rings is 2. The first-order chi connectivity index (χ1) is 17.5. The molecule has 10 heteroatoms. The van der Waals surface area contributed by atoms with E-state index in [4.69, 9.17) is 0 Å². The maximum Gasteiger partial charge on any atom is 1.00 e. The van der Waals surface area contributed by atoms with Crippen molar-refractivity contribution in [3.8, 4) is 5.69 Å². The van der Waals surface area contributed by atoms with E-state index in [0.717, 1.165) is 11.1 Å². The Kier molecular flexibility index (Phi) is 12.1. The largest absolute Gasteiger partial charge is 1.00 e. The van der Waals surface area contributed by atoms with E-state index in [1.54, 1.807) is 16.8 Å². The maximum atomic E-state index is 13.6. The van der Waals surface area contributed by atoms with E-state index < -0.39 is 30.4 Å². The van der Waals surface area contributed by atoms with Crippen molar-refractivity contribution in [1.82, 2.24) is 15.1 Å². The Labute approximate surface area is 244 Å². The Morgan fingerprint density at radius 1 is 1.05 bits per heavy atom. The zero-order valence-electron chi connectivity index (χ0n) is 22.3. The van der Waals surface area contributed by atoms with Crippen molar-refractivity contribution in [2.45, 2.75) is 71.1 Å². The third-order valence-electron chi connectivity index (χ3n) is 6.12. The molecule has 2 atom stereocenters. The van der Waals surface area contributed by atoms with Crippen LogP contribution in [0.4, 0.5) is 4.39 Å². The van der Waals surface area contributed by atoms with Crippen LogP contribution in [0.25, 0.3) is 5.69 Å². The Bertz CT molecular complexity index is 1210. The molecule has 0 aliphatic heterocycles. The molecular weight excluding hydrogens is 500 g/mol. The molecule has 0 saturated heterocycles. The number of aliphatic carboxylic acids is 1. The van der Waals surface area contributed by atoms with Gasteiger partial charge in [0.2, 0.25) is 0 Å². The summed E-state index contributed by atoms with van der Waals surface area (Å²) < 4.78 is 15.2. The van der Waals surface area contributed by atoms with Gasteiger partial charge in [-0.25, -0.2) is 9.07 Å². The second-order valence-corrected chi connectivity index (χ2v) is 9.58. The van der Waals surface area contributed by atoms with Crippen molar-refractivity contribution in [3.63, 3.8) is 0 Å². The van der Waals surface area contributed by atoms with Crippen LogP contribution in [0.1, 0.15) is 71.9 Å². The molecule has 0 radical (unpaired) electrons. The van der Waals surface area contributed by atoms with Crippen molar-refractivity contribution in [1.29, 1.82) is 0 Å². The number of carbonyl (C=O) groups excluding carboxylic acids is 2. The molecule has 38 heavy (non-hydrogen) atoms. The number of aliphatic hydroxyl groups excluding tert-OH is 2. The molecule has 0 aliphatic carbocycles. The molecule has 0 spiro atoms. The third kappa shape index (κ3) is 8.74. The average molecular weight is 534 g/mol. The van der Waals surface area contributed by atoms with Gasteiger partial charge in [0.1, 0.15) is 5.82 Å². The standard InChI is InChI=1S/C28H34FN3O5.Na/c1-17(2)26-24(13-12-22(33)14-23(34)15-25(35)36)32(21-10-8-20(29)9-11-21)31-27(26)28(37)30-16-19-6-4-18(3)5-7-19;/h4-11,17,22-23,33-34H,12-16H2,1-3H3,(H,30,37)(H,35,36);/q;+1/p-1. The van der Waals surface area contributed by atoms with Gasteiger partial charge >= 0.3 is 29.6 Å². The first-order valence-electron chi connectivity index (χ1n) is 12.3. The van der Waals surface area contributed by atoms with Gasteiger partial charge in [0.25, 0.3) is 5.91 Å². The molecule has 3 rings (SSSR count). The zero-order chi connectivity index (χ0) is 27.1. The van der Waals surface area contributed by atoms with Gasteiger partial charge in [-0.3, -0.25) is 4.79 Å². The van der Waals surface area contributed by atoms with Gasteiger partial charge in [0.05, 0.1) is 17.9 Å². The van der Waals surface area contributed by atoms with Gasteiger partial charge in [0, 0.05) is 30.2 Å². The molecule has 3 N–H and O–H groups in total. The molecule has 0 bridgehead atoms. The number of hydrogen-bond donors (Lipinski definition) is 3. The predicted octanol–water partition coefficient (Wildman–Crippen LogP) is -0.438. The van der Waals surface area contributed by atoms with Crippen LogP contribution in [-0.2, 0) is 17.8 Å². The maximum absolute atomic E-state index is 13.6. The number of rotatable bonds is 12. The number of nitrogens with zero attached hydrogens (tertiary/aromatic N) is 2.